The molecule has 2 atom stereocenters. The number of aromatic nitrogens is 1. The number of likely N-dealkylation sites (tertiary alicyclic amines) is 1. The fourth-order valence-electron chi connectivity index (χ4n) is 5.62. The van der Waals surface area contributed by atoms with Gasteiger partial charge in [0.2, 0.25) is 6.79 Å². The van der Waals surface area contributed by atoms with Crippen molar-refractivity contribution in [1.29, 1.82) is 0 Å². The van der Waals surface area contributed by atoms with Crippen LogP contribution in [0, 0.1) is 5.82 Å². The Labute approximate surface area is 202 Å². The third-order valence-electron chi connectivity index (χ3n) is 7.39. The first kappa shape index (κ1) is 22.2. The van der Waals surface area contributed by atoms with Gasteiger partial charge in [-0.1, -0.05) is 11.6 Å². The third-order valence-corrected chi connectivity index (χ3v) is 7.39. The molecule has 35 heavy (non-hydrogen) atoms. The van der Waals surface area contributed by atoms with Gasteiger partial charge in [0.25, 0.3) is 0 Å². The molecular formula is C26H28FN3O5. The summed E-state index contributed by atoms with van der Waals surface area (Å²) in [5.41, 5.74) is 2.03. The average Bonchev–Trinajstić information content (AvgIpc) is 3.51. The van der Waals surface area contributed by atoms with Gasteiger partial charge in [-0.25, -0.2) is 9.18 Å². The van der Waals surface area contributed by atoms with Crippen LogP contribution in [0.3, 0.4) is 0 Å². The first-order chi connectivity index (χ1) is 17.1. The summed E-state index contributed by atoms with van der Waals surface area (Å²) in [4.78, 5) is 15.2. The molecule has 2 aromatic carbocycles. The van der Waals surface area contributed by atoms with Gasteiger partial charge in [0.1, 0.15) is 11.9 Å². The molecule has 3 aliphatic rings. The summed E-state index contributed by atoms with van der Waals surface area (Å²) in [5.74, 6) is 1.24. The summed E-state index contributed by atoms with van der Waals surface area (Å²) in [5, 5.41) is 7.98. The molecular weight excluding hydrogens is 453 g/mol. The molecule has 8 nitrogen and oxygen atoms in total. The number of rotatable bonds is 4. The fourth-order valence-corrected chi connectivity index (χ4v) is 5.62. The van der Waals surface area contributed by atoms with E-state index < -0.39 is 6.09 Å². The van der Waals surface area contributed by atoms with E-state index in [4.69, 9.17) is 18.7 Å². The molecule has 1 saturated heterocycles. The van der Waals surface area contributed by atoms with Crippen molar-refractivity contribution in [2.24, 2.45) is 0 Å². The van der Waals surface area contributed by atoms with Crippen molar-refractivity contribution in [3.8, 4) is 11.5 Å². The minimum Gasteiger partial charge on any atom is -0.454 e. The minimum atomic E-state index is -0.447. The van der Waals surface area contributed by atoms with Crippen molar-refractivity contribution in [3.05, 3.63) is 47.9 Å². The number of carbonyl (C=O) groups is 1. The number of nitrogens with zero attached hydrogens (tertiary/aromatic N) is 2. The monoisotopic (exact) mass is 481 g/mol. The molecule has 0 unspecified atom stereocenters. The molecule has 0 bridgehead atoms. The van der Waals surface area contributed by atoms with Gasteiger partial charge in [0, 0.05) is 35.2 Å². The Hall–Kier alpha value is -3.33. The van der Waals surface area contributed by atoms with Crippen LogP contribution in [0.4, 0.5) is 14.9 Å². The van der Waals surface area contributed by atoms with E-state index >= 15 is 0 Å². The summed E-state index contributed by atoms with van der Waals surface area (Å²) in [6.07, 6.45) is 5.33. The molecule has 1 aliphatic carbocycles. The van der Waals surface area contributed by atoms with Crippen molar-refractivity contribution < 1.29 is 27.9 Å². The van der Waals surface area contributed by atoms with Gasteiger partial charge in [0.15, 0.2) is 17.1 Å². The second-order valence-corrected chi connectivity index (χ2v) is 9.51. The topological polar surface area (TPSA) is 86.1 Å². The number of benzene rings is 2. The van der Waals surface area contributed by atoms with E-state index in [-0.39, 0.29) is 30.7 Å². The zero-order valence-corrected chi connectivity index (χ0v) is 19.4. The Morgan fingerprint density at radius 2 is 1.86 bits per heavy atom. The third kappa shape index (κ3) is 4.52. The van der Waals surface area contributed by atoms with E-state index in [0.717, 1.165) is 62.7 Å². The Morgan fingerprint density at radius 3 is 2.74 bits per heavy atom. The summed E-state index contributed by atoms with van der Waals surface area (Å²) >= 11 is 0. The minimum absolute atomic E-state index is 0.148. The second-order valence-electron chi connectivity index (χ2n) is 9.51. The molecule has 0 spiro atoms. The first-order valence-corrected chi connectivity index (χ1v) is 12.3. The zero-order valence-electron chi connectivity index (χ0n) is 19.4. The van der Waals surface area contributed by atoms with Crippen LogP contribution < -0.4 is 14.8 Å². The van der Waals surface area contributed by atoms with Crippen molar-refractivity contribution in [2.75, 3.05) is 25.2 Å². The van der Waals surface area contributed by atoms with E-state index in [1.165, 1.54) is 12.1 Å². The highest BCUT2D eigenvalue weighted by Crippen LogP contribution is 2.36. The van der Waals surface area contributed by atoms with Crippen LogP contribution in [0.1, 0.15) is 50.1 Å². The van der Waals surface area contributed by atoms with Gasteiger partial charge in [0.05, 0.1) is 5.69 Å². The molecule has 1 saturated carbocycles. The van der Waals surface area contributed by atoms with Crippen molar-refractivity contribution in [1.82, 2.24) is 10.1 Å². The highest BCUT2D eigenvalue weighted by molar-refractivity contribution is 5.85. The molecule has 0 radical (unpaired) electrons. The van der Waals surface area contributed by atoms with Crippen LogP contribution in [-0.4, -0.2) is 48.2 Å². The maximum absolute atomic E-state index is 13.5. The molecule has 2 fully saturated rings. The predicted molar refractivity (Wildman–Crippen MR) is 126 cm³/mol. The van der Waals surface area contributed by atoms with Gasteiger partial charge in [-0.15, -0.1) is 0 Å². The highest BCUT2D eigenvalue weighted by atomic mass is 19.1. The zero-order chi connectivity index (χ0) is 23.8. The van der Waals surface area contributed by atoms with Gasteiger partial charge >= 0.3 is 6.09 Å². The van der Waals surface area contributed by atoms with Crippen molar-refractivity contribution in [2.45, 2.75) is 56.6 Å². The van der Waals surface area contributed by atoms with Gasteiger partial charge in [-0.3, -0.25) is 10.2 Å². The number of halogens is 1. The lowest BCUT2D eigenvalue weighted by atomic mass is 9.86. The Kier molecular flexibility index (Phi) is 5.93. The Balaban J connectivity index is 1.07. The Bertz CT molecular complexity index is 1220. The summed E-state index contributed by atoms with van der Waals surface area (Å²) < 4.78 is 35.5. The molecule has 1 aromatic heterocycles. The smallest absolute Gasteiger partial charge is 0.411 e. The van der Waals surface area contributed by atoms with Crippen LogP contribution in [-0.2, 0) is 4.74 Å². The van der Waals surface area contributed by atoms with Crippen LogP contribution >= 0.6 is 0 Å². The number of amides is 1. The van der Waals surface area contributed by atoms with Crippen LogP contribution in [0.25, 0.3) is 11.0 Å². The van der Waals surface area contributed by atoms with Gasteiger partial charge < -0.3 is 18.7 Å². The summed E-state index contributed by atoms with van der Waals surface area (Å²) in [7, 11) is 0. The summed E-state index contributed by atoms with van der Waals surface area (Å²) in [6, 6.07) is 10.1. The van der Waals surface area contributed by atoms with E-state index in [1.807, 2.05) is 0 Å². The molecule has 3 aromatic rings. The highest BCUT2D eigenvalue weighted by Gasteiger charge is 2.36. The Morgan fingerprint density at radius 1 is 1.03 bits per heavy atom. The summed E-state index contributed by atoms with van der Waals surface area (Å²) in [6.45, 7) is 1.98. The lowest BCUT2D eigenvalue weighted by Crippen LogP contribution is -2.50. The number of hydrogen-bond donors (Lipinski definition) is 1. The number of hydrogen-bond acceptors (Lipinski definition) is 7. The number of fused-ring (bicyclic) bond motifs is 2. The lowest BCUT2D eigenvalue weighted by Gasteiger charge is -2.42. The maximum Gasteiger partial charge on any atom is 0.411 e. The number of nitrogens with one attached hydrogen (secondary N) is 1. The van der Waals surface area contributed by atoms with Gasteiger partial charge in [-0.05, 0) is 69.5 Å². The molecule has 2 aliphatic heterocycles. The van der Waals surface area contributed by atoms with Crippen molar-refractivity contribution in [3.63, 3.8) is 0 Å². The first-order valence-electron chi connectivity index (χ1n) is 12.3. The SMILES string of the molecule is O=C(Nc1ccc2c(c1)OCO2)O[C@H]1CCCC[C@@H]1N1CCC(c2noc3cc(F)ccc23)CC1. The number of anilines is 1. The molecule has 1 amide bonds. The number of carbonyl (C=O) groups excluding carboxylic acids is 1. The van der Waals surface area contributed by atoms with E-state index in [2.05, 4.69) is 15.4 Å². The largest absolute Gasteiger partial charge is 0.454 e. The van der Waals surface area contributed by atoms with Crippen LogP contribution in [0.5, 0.6) is 11.5 Å². The molecule has 6 rings (SSSR count). The van der Waals surface area contributed by atoms with E-state index in [1.54, 1.807) is 24.3 Å². The lowest BCUT2D eigenvalue weighted by molar-refractivity contribution is -0.000582. The number of piperidine rings is 1. The van der Waals surface area contributed by atoms with Crippen LogP contribution in [0.15, 0.2) is 40.9 Å². The quantitative estimate of drug-likeness (QED) is 0.531. The molecule has 3 heterocycles. The fraction of sp³-hybridized carbons (Fsp3) is 0.462. The van der Waals surface area contributed by atoms with E-state index in [9.17, 15) is 9.18 Å². The van der Waals surface area contributed by atoms with E-state index in [0.29, 0.717) is 22.8 Å². The average molecular weight is 482 g/mol. The molecule has 184 valence electrons. The maximum atomic E-state index is 13.5. The second kappa shape index (κ2) is 9.37. The van der Waals surface area contributed by atoms with Gasteiger partial charge in [-0.2, -0.15) is 0 Å². The normalized spacial score (nSPS) is 22.9. The number of ether oxygens (including phenoxy) is 3. The predicted octanol–water partition coefficient (Wildman–Crippen LogP) is 5.43. The van der Waals surface area contributed by atoms with Crippen molar-refractivity contribution >= 4 is 22.7 Å². The molecule has 9 heteroatoms. The molecule has 1 N–H and O–H groups in total. The standard InChI is InChI=1S/C26H28FN3O5/c27-17-5-7-19-23(13-17)35-29-25(19)16-9-11-30(12-10-16)20-3-1-2-4-21(20)34-26(31)28-18-6-8-22-24(14-18)33-15-32-22/h5-8,13-14,16,20-21H,1-4,9-12,15H2,(H,28,31)/t20-,21-/m0/s1. The van der Waals surface area contributed by atoms with Crippen LogP contribution in [0.2, 0.25) is 0 Å².